The van der Waals surface area contributed by atoms with Crippen LogP contribution in [0.2, 0.25) is 0 Å². The molecule has 0 aliphatic rings. The highest BCUT2D eigenvalue weighted by atomic mass is 32.2. The minimum Gasteiger partial charge on any atom is -0.316 e. The zero-order valence-corrected chi connectivity index (χ0v) is 13.3. The Morgan fingerprint density at radius 2 is 1.78 bits per heavy atom. The standard InChI is InChI=1S/C16H27NS/c1-6-7-18-11-15(17-5)10-16-13(3)8-12(2)9-14(16)4/h8-9,15,17H,6-7,10-11H2,1-5H3. The fourth-order valence-electron chi connectivity index (χ4n) is 2.39. The smallest absolute Gasteiger partial charge is 0.0195 e. The van der Waals surface area contributed by atoms with Gasteiger partial charge in [0.1, 0.15) is 0 Å². The predicted octanol–water partition coefficient (Wildman–Crippen LogP) is 3.89. The van der Waals surface area contributed by atoms with E-state index in [1.165, 1.54) is 40.2 Å². The fraction of sp³-hybridized carbons (Fsp3) is 0.625. The highest BCUT2D eigenvalue weighted by Gasteiger charge is 2.11. The number of thioether (sulfide) groups is 1. The van der Waals surface area contributed by atoms with Crippen LogP contribution in [0.15, 0.2) is 12.1 Å². The second-order valence-electron chi connectivity index (χ2n) is 5.14. The van der Waals surface area contributed by atoms with Crippen molar-refractivity contribution in [3.63, 3.8) is 0 Å². The molecule has 1 aromatic carbocycles. The van der Waals surface area contributed by atoms with Crippen molar-refractivity contribution in [3.05, 3.63) is 34.4 Å². The summed E-state index contributed by atoms with van der Waals surface area (Å²) < 4.78 is 0. The quantitative estimate of drug-likeness (QED) is 0.751. The zero-order valence-electron chi connectivity index (χ0n) is 12.5. The molecule has 0 fully saturated rings. The summed E-state index contributed by atoms with van der Waals surface area (Å²) in [4.78, 5) is 0. The Morgan fingerprint density at radius 3 is 2.28 bits per heavy atom. The lowest BCUT2D eigenvalue weighted by Gasteiger charge is -2.19. The summed E-state index contributed by atoms with van der Waals surface area (Å²) in [6, 6.07) is 5.18. The molecule has 0 bridgehead atoms. The Labute approximate surface area is 117 Å². The van der Waals surface area contributed by atoms with Gasteiger partial charge in [-0.2, -0.15) is 11.8 Å². The van der Waals surface area contributed by atoms with Gasteiger partial charge < -0.3 is 5.32 Å². The third-order valence-corrected chi connectivity index (χ3v) is 4.70. The summed E-state index contributed by atoms with van der Waals surface area (Å²) in [5.41, 5.74) is 5.77. The van der Waals surface area contributed by atoms with Crippen LogP contribution in [0.1, 0.15) is 35.6 Å². The monoisotopic (exact) mass is 265 g/mol. The van der Waals surface area contributed by atoms with Gasteiger partial charge in [0, 0.05) is 11.8 Å². The van der Waals surface area contributed by atoms with Gasteiger partial charge >= 0.3 is 0 Å². The maximum atomic E-state index is 3.46. The summed E-state index contributed by atoms with van der Waals surface area (Å²) >= 11 is 2.06. The highest BCUT2D eigenvalue weighted by molar-refractivity contribution is 7.99. The topological polar surface area (TPSA) is 12.0 Å². The lowest BCUT2D eigenvalue weighted by molar-refractivity contribution is 0.613. The fourth-order valence-corrected chi connectivity index (χ4v) is 3.42. The summed E-state index contributed by atoms with van der Waals surface area (Å²) in [5.74, 6) is 2.47. The van der Waals surface area contributed by atoms with E-state index in [0.29, 0.717) is 6.04 Å². The van der Waals surface area contributed by atoms with Gasteiger partial charge in [-0.05, 0) is 63.1 Å². The van der Waals surface area contributed by atoms with Gasteiger partial charge in [0.15, 0.2) is 0 Å². The number of hydrogen-bond donors (Lipinski definition) is 1. The molecule has 1 atom stereocenters. The summed E-state index contributed by atoms with van der Waals surface area (Å²) in [6.07, 6.45) is 2.41. The van der Waals surface area contributed by atoms with Crippen LogP contribution in [0.25, 0.3) is 0 Å². The minimum absolute atomic E-state index is 0.585. The van der Waals surface area contributed by atoms with Crippen LogP contribution in [0.3, 0.4) is 0 Å². The third kappa shape index (κ3) is 4.66. The molecule has 0 saturated carbocycles. The van der Waals surface area contributed by atoms with Crippen molar-refractivity contribution in [2.45, 2.75) is 46.6 Å². The molecular formula is C16H27NS. The van der Waals surface area contributed by atoms with Crippen LogP contribution in [0.4, 0.5) is 0 Å². The lowest BCUT2D eigenvalue weighted by Crippen LogP contribution is -2.30. The first-order valence-electron chi connectivity index (χ1n) is 6.90. The number of nitrogens with one attached hydrogen (secondary N) is 1. The Morgan fingerprint density at radius 1 is 1.17 bits per heavy atom. The number of aryl methyl sites for hydroxylation is 3. The summed E-state index contributed by atoms with van der Waals surface area (Å²) in [6.45, 7) is 8.90. The minimum atomic E-state index is 0.585. The summed E-state index contributed by atoms with van der Waals surface area (Å²) in [5, 5.41) is 3.46. The highest BCUT2D eigenvalue weighted by Crippen LogP contribution is 2.19. The third-order valence-electron chi connectivity index (χ3n) is 3.37. The molecule has 0 heterocycles. The number of hydrogen-bond acceptors (Lipinski definition) is 2. The summed E-state index contributed by atoms with van der Waals surface area (Å²) in [7, 11) is 2.08. The first kappa shape index (κ1) is 15.6. The van der Waals surface area contributed by atoms with E-state index in [9.17, 15) is 0 Å². The van der Waals surface area contributed by atoms with Gasteiger partial charge in [0.25, 0.3) is 0 Å². The number of rotatable bonds is 7. The van der Waals surface area contributed by atoms with Crippen LogP contribution < -0.4 is 5.32 Å². The molecule has 1 N–H and O–H groups in total. The van der Waals surface area contributed by atoms with Gasteiger partial charge in [-0.25, -0.2) is 0 Å². The van der Waals surface area contributed by atoms with Gasteiger partial charge in [0.2, 0.25) is 0 Å². The molecule has 0 amide bonds. The van der Waals surface area contributed by atoms with E-state index in [1.807, 2.05) is 0 Å². The lowest BCUT2D eigenvalue weighted by atomic mass is 9.95. The molecule has 18 heavy (non-hydrogen) atoms. The van der Waals surface area contributed by atoms with Crippen molar-refractivity contribution in [1.29, 1.82) is 0 Å². The molecule has 0 aliphatic heterocycles. The Balaban J connectivity index is 2.69. The van der Waals surface area contributed by atoms with Crippen LogP contribution in [0.5, 0.6) is 0 Å². The van der Waals surface area contributed by atoms with Gasteiger partial charge in [-0.3, -0.25) is 0 Å². The van der Waals surface area contributed by atoms with Crippen molar-refractivity contribution in [2.24, 2.45) is 0 Å². The molecule has 0 aromatic heterocycles. The van der Waals surface area contributed by atoms with E-state index in [-0.39, 0.29) is 0 Å². The maximum Gasteiger partial charge on any atom is 0.0195 e. The average Bonchev–Trinajstić information content (AvgIpc) is 2.31. The van der Waals surface area contributed by atoms with E-state index in [0.717, 1.165) is 6.42 Å². The van der Waals surface area contributed by atoms with Crippen LogP contribution in [-0.2, 0) is 6.42 Å². The van der Waals surface area contributed by atoms with Crippen molar-refractivity contribution in [3.8, 4) is 0 Å². The van der Waals surface area contributed by atoms with Crippen LogP contribution in [-0.4, -0.2) is 24.6 Å². The molecule has 0 aliphatic carbocycles. The van der Waals surface area contributed by atoms with Crippen molar-refractivity contribution < 1.29 is 0 Å². The first-order valence-corrected chi connectivity index (χ1v) is 8.05. The second kappa shape index (κ2) is 7.85. The van der Waals surface area contributed by atoms with Gasteiger partial charge in [-0.1, -0.05) is 24.6 Å². The van der Waals surface area contributed by atoms with Crippen molar-refractivity contribution in [1.82, 2.24) is 5.32 Å². The van der Waals surface area contributed by atoms with E-state index in [1.54, 1.807) is 0 Å². The normalized spacial score (nSPS) is 12.7. The largest absolute Gasteiger partial charge is 0.316 e. The van der Waals surface area contributed by atoms with Gasteiger partial charge in [-0.15, -0.1) is 0 Å². The molecular weight excluding hydrogens is 238 g/mol. The van der Waals surface area contributed by atoms with E-state index >= 15 is 0 Å². The van der Waals surface area contributed by atoms with E-state index in [4.69, 9.17) is 0 Å². The first-order chi connectivity index (χ1) is 8.58. The average molecular weight is 265 g/mol. The molecule has 102 valence electrons. The SMILES string of the molecule is CCCSCC(Cc1c(C)cc(C)cc1C)NC. The molecule has 0 saturated heterocycles. The molecule has 1 aromatic rings. The molecule has 1 rings (SSSR count). The van der Waals surface area contributed by atoms with Crippen LogP contribution in [0, 0.1) is 20.8 Å². The van der Waals surface area contributed by atoms with E-state index < -0.39 is 0 Å². The maximum absolute atomic E-state index is 3.46. The van der Waals surface area contributed by atoms with E-state index in [2.05, 4.69) is 64.0 Å². The number of benzene rings is 1. The predicted molar refractivity (Wildman–Crippen MR) is 84.8 cm³/mol. The second-order valence-corrected chi connectivity index (χ2v) is 6.29. The van der Waals surface area contributed by atoms with Crippen molar-refractivity contribution >= 4 is 11.8 Å². The van der Waals surface area contributed by atoms with Gasteiger partial charge in [0.05, 0.1) is 0 Å². The molecule has 1 nitrogen and oxygen atoms in total. The Hall–Kier alpha value is -0.470. The molecule has 0 spiro atoms. The number of likely N-dealkylation sites (N-methyl/N-ethyl adjacent to an activating group) is 1. The van der Waals surface area contributed by atoms with Crippen LogP contribution >= 0.6 is 11.8 Å². The van der Waals surface area contributed by atoms with Crippen molar-refractivity contribution in [2.75, 3.05) is 18.6 Å². The molecule has 1 unspecified atom stereocenters. The molecule has 0 radical (unpaired) electrons. The molecule has 2 heteroatoms. The Bertz CT molecular complexity index is 350. The Kier molecular flexibility index (Phi) is 6.80. The zero-order chi connectivity index (χ0) is 13.5.